The van der Waals surface area contributed by atoms with Gasteiger partial charge in [0.05, 0.1) is 0 Å². The maximum atomic E-state index is 12.2. The lowest BCUT2D eigenvalue weighted by molar-refractivity contribution is 0.381. The topological polar surface area (TPSA) is 163 Å². The Labute approximate surface area is 123 Å². The molecule has 0 aliphatic heterocycles. The fourth-order valence-electron chi connectivity index (χ4n) is 1.68. The molecule has 3 aromatic heterocycles. The van der Waals surface area contributed by atoms with Crippen LogP contribution in [0.5, 0.6) is 0 Å². The van der Waals surface area contributed by atoms with Crippen LogP contribution < -0.4 is 5.56 Å². The number of hydrogen-bond acceptors (Lipinski definition) is 7. The molecule has 0 saturated carbocycles. The van der Waals surface area contributed by atoms with Crippen molar-refractivity contribution in [1.82, 2.24) is 30.0 Å². The zero-order valence-electron chi connectivity index (χ0n) is 11.1. The van der Waals surface area contributed by atoms with Crippen LogP contribution in [0.3, 0.4) is 0 Å². The van der Waals surface area contributed by atoms with Crippen LogP contribution in [0.15, 0.2) is 29.3 Å². The maximum absolute atomic E-state index is 12.2. The van der Waals surface area contributed by atoms with E-state index in [1.807, 2.05) is 13.0 Å². The van der Waals surface area contributed by atoms with Crippen LogP contribution in [0, 0.1) is 6.92 Å². The molecule has 0 aromatic carbocycles. The number of hydrogen-bond donors (Lipinski definition) is 3. The van der Waals surface area contributed by atoms with Gasteiger partial charge in [-0.3, -0.25) is 18.3 Å². The number of tetrazole rings is 1. The molecule has 0 atom stereocenters. The van der Waals surface area contributed by atoms with Gasteiger partial charge in [-0.25, -0.2) is 4.98 Å². The van der Waals surface area contributed by atoms with E-state index in [0.717, 1.165) is 5.56 Å². The molecule has 0 bridgehead atoms. The van der Waals surface area contributed by atoms with Gasteiger partial charge >= 0.3 is 10.4 Å². The maximum Gasteiger partial charge on any atom is 0.394 e. The summed E-state index contributed by atoms with van der Waals surface area (Å²) in [5, 5.41) is 13.3. The van der Waals surface area contributed by atoms with E-state index in [-0.39, 0.29) is 11.4 Å². The first kappa shape index (κ1) is 15.7. The third-order valence-electron chi connectivity index (χ3n) is 2.51. The smallest absolute Gasteiger partial charge is 0.268 e. The lowest BCUT2D eigenvalue weighted by atomic mass is 10.2. The van der Waals surface area contributed by atoms with Crippen molar-refractivity contribution >= 4 is 16.0 Å². The van der Waals surface area contributed by atoms with Crippen LogP contribution in [0.4, 0.5) is 0 Å². The average molecular weight is 326 g/mol. The number of aromatic nitrogens is 6. The van der Waals surface area contributed by atoms with Crippen molar-refractivity contribution in [3.63, 3.8) is 0 Å². The molecule has 0 fully saturated rings. The Kier molecular flexibility index (Phi) is 4.25. The Morgan fingerprint density at radius 1 is 1.32 bits per heavy atom. The Balaban J connectivity index is 0.000000309. The number of nitrogens with zero attached hydrogens (tertiary/aromatic N) is 5. The summed E-state index contributed by atoms with van der Waals surface area (Å²) < 4.78 is 33.1. The summed E-state index contributed by atoms with van der Waals surface area (Å²) in [5.74, 6) is 0.249. The van der Waals surface area contributed by atoms with Crippen LogP contribution in [0.1, 0.15) is 5.56 Å². The number of fused-ring (bicyclic) bond motifs is 1. The number of aromatic amines is 1. The summed E-state index contributed by atoms with van der Waals surface area (Å²) in [7, 11) is -4.67. The predicted molar refractivity (Wildman–Crippen MR) is 73.5 cm³/mol. The minimum atomic E-state index is -4.67. The van der Waals surface area contributed by atoms with Crippen LogP contribution in [-0.2, 0) is 10.4 Å². The third-order valence-corrected chi connectivity index (χ3v) is 2.51. The van der Waals surface area contributed by atoms with Gasteiger partial charge in [-0.2, -0.15) is 13.6 Å². The van der Waals surface area contributed by atoms with Crippen molar-refractivity contribution in [2.45, 2.75) is 6.92 Å². The fraction of sp³-hybridized carbons (Fsp3) is 0.100. The molecule has 116 valence electrons. The number of aryl methyl sites for hydroxylation is 1. The summed E-state index contributed by atoms with van der Waals surface area (Å²) >= 11 is 0. The van der Waals surface area contributed by atoms with Gasteiger partial charge in [0, 0.05) is 12.4 Å². The van der Waals surface area contributed by atoms with Crippen molar-refractivity contribution in [2.24, 2.45) is 0 Å². The molecule has 0 radical (unpaired) electrons. The SMILES string of the molecule is Cc1cccn2c(=O)c(-c3nn[nH]n3)cnc12.O=S(=O)(O)O. The number of pyridine rings is 1. The first-order valence-electron chi connectivity index (χ1n) is 5.68. The Hall–Kier alpha value is -2.70. The molecular formula is C10H10N6O5S. The Morgan fingerprint density at radius 3 is 2.59 bits per heavy atom. The normalized spacial score (nSPS) is 11.0. The van der Waals surface area contributed by atoms with Gasteiger partial charge in [0.2, 0.25) is 5.82 Å². The largest absolute Gasteiger partial charge is 0.394 e. The highest BCUT2D eigenvalue weighted by Gasteiger charge is 2.11. The second kappa shape index (κ2) is 5.97. The standard InChI is InChI=1S/C10H8N6O.H2O4S/c1-6-3-2-4-16-9(6)11-5-7(10(16)17)8-12-14-15-13-8;1-5(2,3)4/h2-5H,1H3,(H,12,13,14,15);(H2,1,2,3,4). The van der Waals surface area contributed by atoms with Crippen molar-refractivity contribution in [1.29, 1.82) is 0 Å². The van der Waals surface area contributed by atoms with Crippen LogP contribution in [0.2, 0.25) is 0 Å². The van der Waals surface area contributed by atoms with E-state index in [9.17, 15) is 4.79 Å². The predicted octanol–water partition coefficient (Wildman–Crippen LogP) is -0.470. The van der Waals surface area contributed by atoms with E-state index in [4.69, 9.17) is 17.5 Å². The highest BCUT2D eigenvalue weighted by molar-refractivity contribution is 7.79. The third kappa shape index (κ3) is 3.69. The van der Waals surface area contributed by atoms with Crippen LogP contribution in [-0.4, -0.2) is 47.5 Å². The van der Waals surface area contributed by atoms with Crippen molar-refractivity contribution in [3.05, 3.63) is 40.4 Å². The molecule has 3 rings (SSSR count). The molecule has 22 heavy (non-hydrogen) atoms. The second-order valence-electron chi connectivity index (χ2n) is 4.05. The Morgan fingerprint density at radius 2 is 2.00 bits per heavy atom. The lowest BCUT2D eigenvalue weighted by Crippen LogP contribution is -2.17. The summed E-state index contributed by atoms with van der Waals surface area (Å²) in [6.45, 7) is 1.90. The summed E-state index contributed by atoms with van der Waals surface area (Å²) in [4.78, 5) is 16.4. The lowest BCUT2D eigenvalue weighted by Gasteiger charge is -2.03. The molecule has 0 saturated heterocycles. The molecule has 0 amide bonds. The van der Waals surface area contributed by atoms with Crippen LogP contribution >= 0.6 is 0 Å². The van der Waals surface area contributed by atoms with Gasteiger partial charge in [-0.15, -0.1) is 10.2 Å². The summed E-state index contributed by atoms with van der Waals surface area (Å²) in [5.41, 5.74) is 1.68. The molecule has 0 unspecified atom stereocenters. The first-order valence-corrected chi connectivity index (χ1v) is 7.08. The number of nitrogens with one attached hydrogen (secondary N) is 1. The zero-order chi connectivity index (χ0) is 16.3. The van der Waals surface area contributed by atoms with Gasteiger partial charge in [0.15, 0.2) is 0 Å². The van der Waals surface area contributed by atoms with E-state index in [2.05, 4.69) is 25.6 Å². The summed E-state index contributed by atoms with van der Waals surface area (Å²) in [6.07, 6.45) is 3.14. The van der Waals surface area contributed by atoms with E-state index in [1.165, 1.54) is 10.6 Å². The average Bonchev–Trinajstić information content (AvgIpc) is 2.92. The van der Waals surface area contributed by atoms with E-state index in [1.54, 1.807) is 12.3 Å². The minimum Gasteiger partial charge on any atom is -0.268 e. The van der Waals surface area contributed by atoms with Crippen LogP contribution in [0.25, 0.3) is 17.0 Å². The molecular weight excluding hydrogens is 316 g/mol. The first-order chi connectivity index (χ1) is 10.3. The quantitative estimate of drug-likeness (QED) is 0.501. The second-order valence-corrected chi connectivity index (χ2v) is 4.94. The summed E-state index contributed by atoms with van der Waals surface area (Å²) in [6, 6.07) is 3.70. The Bertz CT molecular complexity index is 942. The highest BCUT2D eigenvalue weighted by Crippen LogP contribution is 2.09. The minimum absolute atomic E-state index is 0.208. The van der Waals surface area contributed by atoms with Gasteiger partial charge < -0.3 is 0 Å². The van der Waals surface area contributed by atoms with Crippen molar-refractivity contribution < 1.29 is 17.5 Å². The molecule has 11 nitrogen and oxygen atoms in total. The monoisotopic (exact) mass is 326 g/mol. The van der Waals surface area contributed by atoms with Gasteiger partial charge in [-0.05, 0) is 23.8 Å². The molecule has 12 heteroatoms. The van der Waals surface area contributed by atoms with Crippen molar-refractivity contribution in [2.75, 3.05) is 0 Å². The van der Waals surface area contributed by atoms with E-state index in [0.29, 0.717) is 11.2 Å². The van der Waals surface area contributed by atoms with E-state index >= 15 is 0 Å². The van der Waals surface area contributed by atoms with E-state index < -0.39 is 10.4 Å². The molecule has 3 aromatic rings. The zero-order valence-corrected chi connectivity index (χ0v) is 11.9. The molecule has 0 aliphatic carbocycles. The fourth-order valence-corrected chi connectivity index (χ4v) is 1.68. The molecule has 3 N–H and O–H groups in total. The number of rotatable bonds is 1. The highest BCUT2D eigenvalue weighted by atomic mass is 32.3. The van der Waals surface area contributed by atoms with Gasteiger partial charge in [-0.1, -0.05) is 6.07 Å². The van der Waals surface area contributed by atoms with Crippen molar-refractivity contribution in [3.8, 4) is 11.4 Å². The molecule has 0 spiro atoms. The molecule has 3 heterocycles. The van der Waals surface area contributed by atoms with Gasteiger partial charge in [0.25, 0.3) is 5.56 Å². The van der Waals surface area contributed by atoms with Gasteiger partial charge in [0.1, 0.15) is 11.2 Å². The molecule has 0 aliphatic rings. The number of H-pyrrole nitrogens is 1.